The lowest BCUT2D eigenvalue weighted by Gasteiger charge is -2.16. The molecule has 0 saturated heterocycles. The van der Waals surface area contributed by atoms with Crippen LogP contribution in [0.25, 0.3) is 15.9 Å². The quantitative estimate of drug-likeness (QED) is 0.208. The van der Waals surface area contributed by atoms with Gasteiger partial charge in [-0.2, -0.15) is 0 Å². The van der Waals surface area contributed by atoms with Gasteiger partial charge in [0.2, 0.25) is 0 Å². The van der Waals surface area contributed by atoms with Crippen LogP contribution >= 0.6 is 23.1 Å². The van der Waals surface area contributed by atoms with E-state index in [1.165, 1.54) is 22.2 Å². The summed E-state index contributed by atoms with van der Waals surface area (Å²) in [5, 5.41) is 0.964. The summed E-state index contributed by atoms with van der Waals surface area (Å²) in [5.74, 6) is 0.0332. The van der Waals surface area contributed by atoms with E-state index in [2.05, 4.69) is 0 Å². The number of nitrogens with zero attached hydrogens (tertiary/aromatic N) is 2. The van der Waals surface area contributed by atoms with Gasteiger partial charge in [-0.05, 0) is 57.2 Å². The van der Waals surface area contributed by atoms with E-state index in [9.17, 15) is 9.59 Å². The molecule has 4 nitrogen and oxygen atoms in total. The zero-order valence-corrected chi connectivity index (χ0v) is 19.8. The third-order valence-corrected chi connectivity index (χ3v) is 8.20. The molecule has 2 aromatic carbocycles. The van der Waals surface area contributed by atoms with Gasteiger partial charge in [0.05, 0.1) is 16.3 Å². The van der Waals surface area contributed by atoms with Crippen LogP contribution in [-0.4, -0.2) is 20.6 Å². The molecule has 1 unspecified atom stereocenters. The Morgan fingerprint density at radius 2 is 1.78 bits per heavy atom. The number of hydrogen-bond donors (Lipinski definition) is 0. The van der Waals surface area contributed by atoms with Crippen molar-refractivity contribution in [2.45, 2.75) is 49.9 Å². The van der Waals surface area contributed by atoms with Crippen LogP contribution in [0.3, 0.4) is 0 Å². The molecule has 0 saturated carbocycles. The summed E-state index contributed by atoms with van der Waals surface area (Å²) in [6.45, 7) is 3.91. The van der Waals surface area contributed by atoms with Gasteiger partial charge in [-0.3, -0.25) is 14.2 Å². The van der Waals surface area contributed by atoms with Crippen LogP contribution in [0.4, 0.5) is 0 Å². The highest BCUT2D eigenvalue weighted by Gasteiger charge is 2.25. The van der Waals surface area contributed by atoms with E-state index in [0.29, 0.717) is 10.7 Å². The monoisotopic (exact) mass is 460 g/mol. The summed E-state index contributed by atoms with van der Waals surface area (Å²) in [4.78, 5) is 33.9. The Kier molecular flexibility index (Phi) is 5.74. The Bertz CT molecular complexity index is 1350. The Labute approximate surface area is 195 Å². The van der Waals surface area contributed by atoms with Crippen LogP contribution in [0.1, 0.15) is 46.1 Å². The van der Waals surface area contributed by atoms with Crippen LogP contribution in [-0.2, 0) is 12.8 Å². The van der Waals surface area contributed by atoms with E-state index >= 15 is 0 Å². The predicted octanol–water partition coefficient (Wildman–Crippen LogP) is 6.00. The first-order valence-electron chi connectivity index (χ1n) is 10.9. The van der Waals surface area contributed by atoms with Crippen molar-refractivity contribution in [2.24, 2.45) is 0 Å². The number of rotatable bonds is 5. The first-order valence-corrected chi connectivity index (χ1v) is 12.6. The number of aryl methyl sites for hydroxylation is 3. The smallest absolute Gasteiger partial charge is 0.267 e. The number of benzene rings is 2. The van der Waals surface area contributed by atoms with E-state index < -0.39 is 0 Å². The molecule has 1 aliphatic rings. The van der Waals surface area contributed by atoms with E-state index in [1.54, 1.807) is 15.9 Å². The Morgan fingerprint density at radius 1 is 1.06 bits per heavy atom. The number of aromatic nitrogens is 2. The van der Waals surface area contributed by atoms with E-state index in [-0.39, 0.29) is 16.6 Å². The predicted molar refractivity (Wildman–Crippen MR) is 133 cm³/mol. The first kappa shape index (κ1) is 21.2. The van der Waals surface area contributed by atoms with E-state index in [1.807, 2.05) is 68.4 Å². The zero-order valence-electron chi connectivity index (χ0n) is 18.1. The maximum atomic E-state index is 13.8. The molecule has 32 heavy (non-hydrogen) atoms. The molecular weight excluding hydrogens is 436 g/mol. The normalized spacial score (nSPS) is 14.3. The molecule has 1 aliphatic carbocycles. The van der Waals surface area contributed by atoms with Gasteiger partial charge in [0.25, 0.3) is 5.56 Å². The molecule has 0 spiro atoms. The molecule has 6 heteroatoms. The number of carbonyl (C=O) groups is 1. The molecule has 0 aliphatic heterocycles. The molecule has 2 aromatic heterocycles. The number of Topliss-reactive ketones (excluding diaryl/α,β-unsaturated/α-hetero) is 1. The van der Waals surface area contributed by atoms with Gasteiger partial charge in [-0.15, -0.1) is 11.3 Å². The number of thiophene rings is 1. The molecule has 162 valence electrons. The van der Waals surface area contributed by atoms with Crippen molar-refractivity contribution < 1.29 is 4.79 Å². The summed E-state index contributed by atoms with van der Waals surface area (Å²) >= 11 is 3.00. The molecule has 0 amide bonds. The highest BCUT2D eigenvalue weighted by Crippen LogP contribution is 2.36. The van der Waals surface area contributed by atoms with E-state index in [4.69, 9.17) is 4.98 Å². The maximum absolute atomic E-state index is 13.8. The van der Waals surface area contributed by atoms with Crippen molar-refractivity contribution in [1.29, 1.82) is 0 Å². The Balaban J connectivity index is 1.65. The second-order valence-corrected chi connectivity index (χ2v) is 10.6. The minimum absolute atomic E-state index is 0.0277. The fraction of sp³-hybridized carbons (Fsp3) is 0.269. The minimum Gasteiger partial charge on any atom is -0.293 e. The fourth-order valence-electron chi connectivity index (χ4n) is 4.24. The molecule has 5 rings (SSSR count). The minimum atomic E-state index is -0.368. The average Bonchev–Trinajstić information content (AvgIpc) is 3.19. The van der Waals surface area contributed by atoms with Crippen molar-refractivity contribution in [1.82, 2.24) is 9.55 Å². The largest absolute Gasteiger partial charge is 0.293 e. The second kappa shape index (κ2) is 8.68. The van der Waals surface area contributed by atoms with Crippen molar-refractivity contribution in [3.8, 4) is 5.69 Å². The maximum Gasteiger partial charge on any atom is 0.267 e. The van der Waals surface area contributed by atoms with Crippen LogP contribution in [0.5, 0.6) is 0 Å². The third-order valence-electron chi connectivity index (χ3n) is 5.96. The van der Waals surface area contributed by atoms with Gasteiger partial charge in [-0.25, -0.2) is 4.98 Å². The lowest BCUT2D eigenvalue weighted by molar-refractivity contribution is 0.0994. The third kappa shape index (κ3) is 3.82. The number of carbonyl (C=O) groups excluding carboxylic acids is 1. The first-order chi connectivity index (χ1) is 15.5. The average molecular weight is 461 g/mol. The van der Waals surface area contributed by atoms with Crippen molar-refractivity contribution >= 4 is 39.1 Å². The summed E-state index contributed by atoms with van der Waals surface area (Å²) in [5.41, 5.74) is 3.74. The van der Waals surface area contributed by atoms with Gasteiger partial charge in [0.15, 0.2) is 10.9 Å². The van der Waals surface area contributed by atoms with Gasteiger partial charge in [-0.1, -0.05) is 59.8 Å². The summed E-state index contributed by atoms with van der Waals surface area (Å²) in [6, 6.07) is 17.2. The zero-order chi connectivity index (χ0) is 22.2. The van der Waals surface area contributed by atoms with Crippen molar-refractivity contribution in [3.05, 3.63) is 86.5 Å². The SMILES string of the molecule is Cc1ccc(-n2c(SC(C)C(=O)c3ccccc3)nc3sc4c(c3c2=O)CCCC4)cc1. The summed E-state index contributed by atoms with van der Waals surface area (Å²) < 4.78 is 1.70. The number of fused-ring (bicyclic) bond motifs is 3. The lowest BCUT2D eigenvalue weighted by atomic mass is 9.97. The summed E-state index contributed by atoms with van der Waals surface area (Å²) in [7, 11) is 0. The van der Waals surface area contributed by atoms with Gasteiger partial charge in [0.1, 0.15) is 4.83 Å². The van der Waals surface area contributed by atoms with Crippen LogP contribution < -0.4 is 5.56 Å². The van der Waals surface area contributed by atoms with E-state index in [0.717, 1.165) is 47.2 Å². The molecular formula is C26H24N2O2S2. The standard InChI is InChI=1S/C26H24N2O2S2/c1-16-12-14-19(15-13-16)28-25(30)22-20-10-6-7-11-21(20)32-24(22)27-26(28)31-17(2)23(29)18-8-4-3-5-9-18/h3-5,8-9,12-15,17H,6-7,10-11H2,1-2H3. The summed E-state index contributed by atoms with van der Waals surface area (Å²) in [6.07, 6.45) is 4.24. The van der Waals surface area contributed by atoms with Crippen molar-refractivity contribution in [3.63, 3.8) is 0 Å². The number of hydrogen-bond acceptors (Lipinski definition) is 5. The second-order valence-electron chi connectivity index (χ2n) is 8.25. The molecule has 0 N–H and O–H groups in total. The topological polar surface area (TPSA) is 52.0 Å². The fourth-order valence-corrected chi connectivity index (χ4v) is 6.54. The van der Waals surface area contributed by atoms with Gasteiger partial charge in [0, 0.05) is 10.4 Å². The lowest BCUT2D eigenvalue weighted by Crippen LogP contribution is -2.24. The van der Waals surface area contributed by atoms with Crippen molar-refractivity contribution in [2.75, 3.05) is 0 Å². The molecule has 1 atom stereocenters. The number of thioether (sulfide) groups is 1. The van der Waals surface area contributed by atoms with Crippen LogP contribution in [0.15, 0.2) is 64.5 Å². The highest BCUT2D eigenvalue weighted by molar-refractivity contribution is 8.00. The molecule has 4 aromatic rings. The van der Waals surface area contributed by atoms with Crippen LogP contribution in [0.2, 0.25) is 0 Å². The molecule has 0 radical (unpaired) electrons. The molecule has 0 bridgehead atoms. The number of ketones is 1. The Hall–Kier alpha value is -2.70. The Morgan fingerprint density at radius 3 is 2.53 bits per heavy atom. The molecule has 2 heterocycles. The molecule has 0 fully saturated rings. The highest BCUT2D eigenvalue weighted by atomic mass is 32.2. The van der Waals surface area contributed by atoms with Gasteiger partial charge < -0.3 is 0 Å². The van der Waals surface area contributed by atoms with Crippen LogP contribution in [0, 0.1) is 6.92 Å². The van der Waals surface area contributed by atoms with Gasteiger partial charge >= 0.3 is 0 Å².